The highest BCUT2D eigenvalue weighted by Gasteiger charge is 2.12. The van der Waals surface area contributed by atoms with E-state index in [1.54, 1.807) is 0 Å². The first kappa shape index (κ1) is 12.1. The molecular weight excluding hydrogens is 222 g/mol. The second kappa shape index (κ2) is 6.36. The molecule has 1 fully saturated rings. The van der Waals surface area contributed by atoms with Crippen LogP contribution in [0.4, 0.5) is 0 Å². The number of hydrogen-bond acceptors (Lipinski definition) is 5. The zero-order chi connectivity index (χ0) is 11.9. The van der Waals surface area contributed by atoms with E-state index in [0.29, 0.717) is 19.5 Å². The van der Waals surface area contributed by atoms with E-state index in [0.717, 1.165) is 44.2 Å². The van der Waals surface area contributed by atoms with E-state index in [1.807, 2.05) is 6.07 Å². The molecule has 6 heteroatoms. The standard InChI is InChI=1S/C11H17N3O3/c15-9-17-4-1-10-7-11(13-12-10)8-14-2-5-16-6-3-14/h7,9H,1-6,8H2,(H,12,13). The van der Waals surface area contributed by atoms with Crippen molar-refractivity contribution in [2.75, 3.05) is 32.9 Å². The van der Waals surface area contributed by atoms with Crippen LogP contribution < -0.4 is 0 Å². The van der Waals surface area contributed by atoms with Gasteiger partial charge in [0.25, 0.3) is 6.47 Å². The third-order valence-electron chi connectivity index (χ3n) is 2.73. The Balaban J connectivity index is 1.78. The molecule has 0 bridgehead atoms. The fourth-order valence-corrected chi connectivity index (χ4v) is 1.82. The van der Waals surface area contributed by atoms with Gasteiger partial charge in [0.2, 0.25) is 0 Å². The summed E-state index contributed by atoms with van der Waals surface area (Å²) in [6, 6.07) is 2.02. The molecule has 1 aliphatic rings. The van der Waals surface area contributed by atoms with Gasteiger partial charge >= 0.3 is 0 Å². The number of carbonyl (C=O) groups excluding carboxylic acids is 1. The number of nitrogens with zero attached hydrogens (tertiary/aromatic N) is 2. The number of carbonyl (C=O) groups is 1. The lowest BCUT2D eigenvalue weighted by Crippen LogP contribution is -2.35. The SMILES string of the molecule is O=COCCc1cc(CN2CCOCC2)n[nH]1. The van der Waals surface area contributed by atoms with E-state index in [9.17, 15) is 4.79 Å². The minimum absolute atomic E-state index is 0.392. The van der Waals surface area contributed by atoms with Gasteiger partial charge in [0, 0.05) is 31.7 Å². The molecule has 0 aromatic carbocycles. The van der Waals surface area contributed by atoms with Crippen molar-refractivity contribution in [1.82, 2.24) is 15.1 Å². The predicted molar refractivity (Wildman–Crippen MR) is 60.4 cm³/mol. The highest BCUT2D eigenvalue weighted by Crippen LogP contribution is 2.06. The second-order valence-electron chi connectivity index (χ2n) is 3.99. The van der Waals surface area contributed by atoms with Crippen LogP contribution in [0.15, 0.2) is 6.07 Å². The molecule has 0 aliphatic carbocycles. The van der Waals surface area contributed by atoms with E-state index in [1.165, 1.54) is 0 Å². The van der Waals surface area contributed by atoms with Crippen molar-refractivity contribution in [3.8, 4) is 0 Å². The molecule has 2 rings (SSSR count). The molecule has 0 unspecified atom stereocenters. The molecule has 94 valence electrons. The van der Waals surface area contributed by atoms with Crippen molar-refractivity contribution >= 4 is 6.47 Å². The van der Waals surface area contributed by atoms with E-state index in [-0.39, 0.29) is 0 Å². The summed E-state index contributed by atoms with van der Waals surface area (Å²) in [7, 11) is 0. The van der Waals surface area contributed by atoms with E-state index < -0.39 is 0 Å². The highest BCUT2D eigenvalue weighted by atomic mass is 16.5. The van der Waals surface area contributed by atoms with Gasteiger partial charge in [0.15, 0.2) is 0 Å². The Hall–Kier alpha value is -1.40. The summed E-state index contributed by atoms with van der Waals surface area (Å²) in [6.45, 7) is 5.20. The van der Waals surface area contributed by atoms with Crippen molar-refractivity contribution in [3.63, 3.8) is 0 Å². The molecule has 17 heavy (non-hydrogen) atoms. The van der Waals surface area contributed by atoms with Gasteiger partial charge in [0.1, 0.15) is 0 Å². The third-order valence-corrected chi connectivity index (χ3v) is 2.73. The number of nitrogens with one attached hydrogen (secondary N) is 1. The first-order valence-electron chi connectivity index (χ1n) is 5.77. The van der Waals surface area contributed by atoms with Crippen LogP contribution >= 0.6 is 0 Å². The van der Waals surface area contributed by atoms with Gasteiger partial charge in [-0.25, -0.2) is 0 Å². The van der Waals surface area contributed by atoms with Crippen LogP contribution in [0.5, 0.6) is 0 Å². The molecule has 0 amide bonds. The molecule has 1 aromatic rings. The predicted octanol–water partition coefficient (Wildman–Crippen LogP) is -0.0426. The fraction of sp³-hybridized carbons (Fsp3) is 0.636. The highest BCUT2D eigenvalue weighted by molar-refractivity contribution is 5.36. The fourth-order valence-electron chi connectivity index (χ4n) is 1.82. The molecule has 1 saturated heterocycles. The van der Waals surface area contributed by atoms with Crippen LogP contribution in [0.25, 0.3) is 0 Å². The van der Waals surface area contributed by atoms with Crippen LogP contribution in [-0.2, 0) is 27.2 Å². The minimum Gasteiger partial charge on any atom is -0.467 e. The maximum Gasteiger partial charge on any atom is 0.293 e. The molecule has 6 nitrogen and oxygen atoms in total. The van der Waals surface area contributed by atoms with Crippen molar-refractivity contribution < 1.29 is 14.3 Å². The topological polar surface area (TPSA) is 67.4 Å². The van der Waals surface area contributed by atoms with Gasteiger partial charge in [-0.05, 0) is 6.07 Å². The van der Waals surface area contributed by atoms with Crippen LogP contribution in [0.3, 0.4) is 0 Å². The van der Waals surface area contributed by atoms with Gasteiger partial charge in [0.05, 0.1) is 25.5 Å². The molecule has 0 saturated carbocycles. The molecule has 2 heterocycles. The van der Waals surface area contributed by atoms with E-state index in [2.05, 4.69) is 19.8 Å². The molecule has 0 radical (unpaired) electrons. The van der Waals surface area contributed by atoms with Crippen molar-refractivity contribution in [3.05, 3.63) is 17.5 Å². The summed E-state index contributed by atoms with van der Waals surface area (Å²) in [5.41, 5.74) is 2.02. The largest absolute Gasteiger partial charge is 0.467 e. The number of rotatable bonds is 6. The van der Waals surface area contributed by atoms with Gasteiger partial charge in [-0.15, -0.1) is 0 Å². The van der Waals surface area contributed by atoms with Gasteiger partial charge in [-0.2, -0.15) is 5.10 Å². The number of ether oxygens (including phenoxy) is 2. The lowest BCUT2D eigenvalue weighted by atomic mass is 10.3. The zero-order valence-electron chi connectivity index (χ0n) is 9.72. The van der Waals surface area contributed by atoms with Crippen LogP contribution in [-0.4, -0.2) is 54.5 Å². The quantitative estimate of drug-likeness (QED) is 0.557. The first-order chi connectivity index (χ1) is 8.38. The zero-order valence-corrected chi connectivity index (χ0v) is 9.72. The second-order valence-corrected chi connectivity index (χ2v) is 3.99. The van der Waals surface area contributed by atoms with Gasteiger partial charge in [-0.3, -0.25) is 14.8 Å². The molecular formula is C11H17N3O3. The molecule has 1 aromatic heterocycles. The van der Waals surface area contributed by atoms with Crippen molar-refractivity contribution in [1.29, 1.82) is 0 Å². The Morgan fingerprint density at radius 3 is 3.12 bits per heavy atom. The summed E-state index contributed by atoms with van der Waals surface area (Å²) in [6.07, 6.45) is 0.675. The summed E-state index contributed by atoms with van der Waals surface area (Å²) in [5.74, 6) is 0. The van der Waals surface area contributed by atoms with E-state index in [4.69, 9.17) is 4.74 Å². The number of hydrogen-bond donors (Lipinski definition) is 1. The average Bonchev–Trinajstić information content (AvgIpc) is 2.79. The Morgan fingerprint density at radius 1 is 1.53 bits per heavy atom. The average molecular weight is 239 g/mol. The number of aromatic amines is 1. The number of aromatic nitrogens is 2. The molecule has 1 aliphatic heterocycles. The molecule has 0 spiro atoms. The Labute approximate surface area is 99.9 Å². The first-order valence-corrected chi connectivity index (χ1v) is 5.77. The summed E-state index contributed by atoms with van der Waals surface area (Å²) >= 11 is 0. The van der Waals surface area contributed by atoms with Crippen LogP contribution in [0.1, 0.15) is 11.4 Å². The van der Waals surface area contributed by atoms with Crippen LogP contribution in [0, 0.1) is 0 Å². The molecule has 0 atom stereocenters. The normalized spacial score (nSPS) is 16.9. The molecule has 1 N–H and O–H groups in total. The summed E-state index contributed by atoms with van der Waals surface area (Å²) < 4.78 is 9.93. The number of H-pyrrole nitrogens is 1. The number of morpholine rings is 1. The smallest absolute Gasteiger partial charge is 0.293 e. The monoisotopic (exact) mass is 239 g/mol. The Morgan fingerprint density at radius 2 is 2.35 bits per heavy atom. The van der Waals surface area contributed by atoms with Crippen LogP contribution in [0.2, 0.25) is 0 Å². The van der Waals surface area contributed by atoms with Crippen molar-refractivity contribution in [2.45, 2.75) is 13.0 Å². The maximum absolute atomic E-state index is 10.00. The Bertz CT molecular complexity index is 347. The van der Waals surface area contributed by atoms with Gasteiger partial charge < -0.3 is 9.47 Å². The minimum atomic E-state index is 0.392. The Kier molecular flexibility index (Phi) is 4.52. The van der Waals surface area contributed by atoms with Crippen molar-refractivity contribution in [2.24, 2.45) is 0 Å². The lowest BCUT2D eigenvalue weighted by Gasteiger charge is -2.25. The summed E-state index contributed by atoms with van der Waals surface area (Å²) in [4.78, 5) is 12.3. The third kappa shape index (κ3) is 3.83. The van der Waals surface area contributed by atoms with E-state index >= 15 is 0 Å². The summed E-state index contributed by atoms with van der Waals surface area (Å²) in [5, 5.41) is 7.19. The maximum atomic E-state index is 10.00. The lowest BCUT2D eigenvalue weighted by molar-refractivity contribution is -0.128. The van der Waals surface area contributed by atoms with Gasteiger partial charge in [-0.1, -0.05) is 0 Å².